The van der Waals surface area contributed by atoms with E-state index < -0.39 is 17.3 Å². The van der Waals surface area contributed by atoms with Crippen LogP contribution in [0.2, 0.25) is 5.02 Å². The summed E-state index contributed by atoms with van der Waals surface area (Å²) in [6.07, 6.45) is 1.29. The maximum atomic E-state index is 13.4. The Morgan fingerprint density at radius 3 is 2.62 bits per heavy atom. The summed E-state index contributed by atoms with van der Waals surface area (Å²) in [5, 5.41) is 12.8. The number of benzene rings is 1. The van der Waals surface area contributed by atoms with E-state index in [9.17, 15) is 14.3 Å². The predicted octanol–water partition coefficient (Wildman–Crippen LogP) is 3.99. The molecule has 0 bridgehead atoms. The maximum absolute atomic E-state index is 13.4. The summed E-state index contributed by atoms with van der Waals surface area (Å²) in [6, 6.07) is 4.18. The van der Waals surface area contributed by atoms with Crippen molar-refractivity contribution in [3.63, 3.8) is 0 Å². The zero-order chi connectivity index (χ0) is 15.8. The topological polar surface area (TPSA) is 49.3 Å². The first-order valence-electron chi connectivity index (χ1n) is 7.06. The minimum atomic E-state index is -0.669. The van der Waals surface area contributed by atoms with Crippen LogP contribution in [0.3, 0.4) is 0 Å². The van der Waals surface area contributed by atoms with Crippen LogP contribution in [0, 0.1) is 16.6 Å². The summed E-state index contributed by atoms with van der Waals surface area (Å²) < 4.78 is 13.4. The summed E-state index contributed by atoms with van der Waals surface area (Å²) in [6.45, 7) is 5.93. The molecule has 1 amide bonds. The summed E-state index contributed by atoms with van der Waals surface area (Å²) in [4.78, 5) is 12.5. The van der Waals surface area contributed by atoms with Crippen LogP contribution in [-0.2, 0) is 4.79 Å². The van der Waals surface area contributed by atoms with Gasteiger partial charge < -0.3 is 10.4 Å². The van der Waals surface area contributed by atoms with Crippen LogP contribution in [0.4, 0.5) is 10.1 Å². The summed E-state index contributed by atoms with van der Waals surface area (Å²) in [5.74, 6) is -0.764. The molecular weight excluding hydrogens is 293 g/mol. The third kappa shape index (κ3) is 3.74. The van der Waals surface area contributed by atoms with Gasteiger partial charge in [0, 0.05) is 11.1 Å². The van der Waals surface area contributed by atoms with E-state index in [4.69, 9.17) is 11.6 Å². The van der Waals surface area contributed by atoms with E-state index in [0.29, 0.717) is 24.9 Å². The second-order valence-corrected chi connectivity index (χ2v) is 7.45. The van der Waals surface area contributed by atoms with E-state index in [-0.39, 0.29) is 16.3 Å². The second-order valence-electron chi connectivity index (χ2n) is 7.05. The molecule has 116 valence electrons. The quantitative estimate of drug-likeness (QED) is 0.867. The molecule has 0 saturated heterocycles. The molecule has 0 aromatic heterocycles. The smallest absolute Gasteiger partial charge is 0.230 e. The number of amides is 1. The van der Waals surface area contributed by atoms with Crippen LogP contribution >= 0.6 is 11.6 Å². The van der Waals surface area contributed by atoms with E-state index in [1.807, 2.05) is 20.8 Å². The summed E-state index contributed by atoms with van der Waals surface area (Å²) >= 11 is 5.63. The van der Waals surface area contributed by atoms with Gasteiger partial charge >= 0.3 is 0 Å². The molecule has 0 spiro atoms. The lowest BCUT2D eigenvalue weighted by molar-refractivity contribution is -0.132. The summed E-state index contributed by atoms with van der Waals surface area (Å²) in [7, 11) is 0. The highest BCUT2D eigenvalue weighted by molar-refractivity contribution is 6.30. The lowest BCUT2D eigenvalue weighted by atomic mass is 9.63. The zero-order valence-electron chi connectivity index (χ0n) is 12.5. The number of halogens is 2. The number of hydrogen-bond acceptors (Lipinski definition) is 2. The molecule has 21 heavy (non-hydrogen) atoms. The lowest BCUT2D eigenvalue weighted by Crippen LogP contribution is -2.45. The molecule has 1 aromatic carbocycles. The van der Waals surface area contributed by atoms with Crippen molar-refractivity contribution in [3.05, 3.63) is 29.0 Å². The minimum absolute atomic E-state index is 0.0217. The van der Waals surface area contributed by atoms with Crippen LogP contribution in [0.25, 0.3) is 0 Å². The highest BCUT2D eigenvalue weighted by Crippen LogP contribution is 2.46. The van der Waals surface area contributed by atoms with Crippen molar-refractivity contribution in [1.82, 2.24) is 0 Å². The molecule has 2 atom stereocenters. The Kier molecular flexibility index (Phi) is 4.31. The van der Waals surface area contributed by atoms with E-state index >= 15 is 0 Å². The molecule has 0 radical (unpaired) electrons. The van der Waals surface area contributed by atoms with Crippen LogP contribution in [0.15, 0.2) is 18.2 Å². The van der Waals surface area contributed by atoms with Gasteiger partial charge in [-0.05, 0) is 42.9 Å². The molecule has 1 aliphatic carbocycles. The first kappa shape index (κ1) is 16.2. The number of rotatable bonds is 2. The van der Waals surface area contributed by atoms with E-state index in [1.165, 1.54) is 12.1 Å². The molecule has 1 aromatic rings. The van der Waals surface area contributed by atoms with Crippen molar-refractivity contribution in [2.45, 2.75) is 46.1 Å². The minimum Gasteiger partial charge on any atom is -0.393 e. The van der Waals surface area contributed by atoms with Crippen molar-refractivity contribution in [2.75, 3.05) is 5.32 Å². The number of carbonyl (C=O) groups excluding carboxylic acids is 1. The van der Waals surface area contributed by atoms with Crippen molar-refractivity contribution >= 4 is 23.2 Å². The molecule has 5 heteroatoms. The number of carbonyl (C=O) groups is 1. The molecule has 1 fully saturated rings. The average molecular weight is 314 g/mol. The predicted molar refractivity (Wildman–Crippen MR) is 81.8 cm³/mol. The fraction of sp³-hybridized carbons (Fsp3) is 0.562. The summed E-state index contributed by atoms with van der Waals surface area (Å²) in [5.41, 5.74) is -0.396. The number of anilines is 1. The molecule has 3 nitrogen and oxygen atoms in total. The first-order valence-corrected chi connectivity index (χ1v) is 7.44. The fourth-order valence-electron chi connectivity index (χ4n) is 3.46. The van der Waals surface area contributed by atoms with Crippen LogP contribution in [0.5, 0.6) is 0 Å². The molecular formula is C16H21ClFNO2. The Morgan fingerprint density at radius 1 is 1.38 bits per heavy atom. The standard InChI is InChI=1S/C16H21ClFNO2/c1-15(2)7-11(20)8-16(3,9-15)14(21)19-10-4-5-12(17)13(18)6-10/h4-6,11,20H,7-9H2,1-3H3,(H,19,21). The largest absolute Gasteiger partial charge is 0.393 e. The molecule has 1 saturated carbocycles. The Bertz CT molecular complexity index is 561. The SMILES string of the molecule is CC1(C)CC(O)CC(C)(C(=O)Nc2ccc(Cl)c(F)c2)C1. The number of hydrogen-bond donors (Lipinski definition) is 2. The highest BCUT2D eigenvalue weighted by Gasteiger charge is 2.45. The Balaban J connectivity index is 2.16. The third-order valence-corrected chi connectivity index (χ3v) is 4.38. The van der Waals surface area contributed by atoms with E-state index in [2.05, 4.69) is 5.32 Å². The monoisotopic (exact) mass is 313 g/mol. The molecule has 2 unspecified atom stereocenters. The van der Waals surface area contributed by atoms with Crippen molar-refractivity contribution in [3.8, 4) is 0 Å². The van der Waals surface area contributed by atoms with Gasteiger partial charge in [0.25, 0.3) is 0 Å². The Morgan fingerprint density at radius 2 is 2.05 bits per heavy atom. The Hall–Kier alpha value is -1.13. The molecule has 2 N–H and O–H groups in total. The second kappa shape index (κ2) is 5.58. The van der Waals surface area contributed by atoms with Crippen molar-refractivity contribution in [1.29, 1.82) is 0 Å². The average Bonchev–Trinajstić information content (AvgIpc) is 2.30. The van der Waals surface area contributed by atoms with E-state index in [0.717, 1.165) is 0 Å². The van der Waals surface area contributed by atoms with Crippen molar-refractivity contribution in [2.24, 2.45) is 10.8 Å². The van der Waals surface area contributed by atoms with Gasteiger partial charge in [0.1, 0.15) is 5.82 Å². The molecule has 0 aliphatic heterocycles. The van der Waals surface area contributed by atoms with Gasteiger partial charge in [-0.2, -0.15) is 0 Å². The number of aliphatic hydroxyl groups excluding tert-OH is 1. The van der Waals surface area contributed by atoms with Gasteiger partial charge in [0.05, 0.1) is 11.1 Å². The van der Waals surface area contributed by atoms with Gasteiger partial charge in [-0.15, -0.1) is 0 Å². The van der Waals surface area contributed by atoms with Gasteiger partial charge in [-0.3, -0.25) is 4.79 Å². The zero-order valence-corrected chi connectivity index (χ0v) is 13.3. The highest BCUT2D eigenvalue weighted by atomic mass is 35.5. The Labute approximate surface area is 129 Å². The third-order valence-electron chi connectivity index (χ3n) is 4.07. The normalized spacial score (nSPS) is 28.2. The first-order chi connectivity index (χ1) is 9.61. The molecule has 2 rings (SSSR count). The lowest BCUT2D eigenvalue weighted by Gasteiger charge is -2.43. The van der Waals surface area contributed by atoms with Gasteiger partial charge in [-0.25, -0.2) is 4.39 Å². The van der Waals surface area contributed by atoms with Gasteiger partial charge in [0.15, 0.2) is 0 Å². The fourth-order valence-corrected chi connectivity index (χ4v) is 3.58. The van der Waals surface area contributed by atoms with Crippen LogP contribution < -0.4 is 5.32 Å². The van der Waals surface area contributed by atoms with Crippen LogP contribution in [-0.4, -0.2) is 17.1 Å². The van der Waals surface area contributed by atoms with E-state index in [1.54, 1.807) is 6.07 Å². The van der Waals surface area contributed by atoms with Crippen LogP contribution in [0.1, 0.15) is 40.0 Å². The number of nitrogens with one attached hydrogen (secondary N) is 1. The maximum Gasteiger partial charge on any atom is 0.230 e. The molecule has 0 heterocycles. The number of aliphatic hydroxyl groups is 1. The van der Waals surface area contributed by atoms with Gasteiger partial charge in [0.2, 0.25) is 5.91 Å². The molecule has 1 aliphatic rings. The van der Waals surface area contributed by atoms with Crippen molar-refractivity contribution < 1.29 is 14.3 Å². The van der Waals surface area contributed by atoms with Gasteiger partial charge in [-0.1, -0.05) is 32.4 Å².